The molecule has 0 bridgehead atoms. The number of nitrogens with zero attached hydrogens (tertiary/aromatic N) is 3. The summed E-state index contributed by atoms with van der Waals surface area (Å²) in [6.45, 7) is 0. The van der Waals surface area contributed by atoms with Crippen molar-refractivity contribution < 1.29 is 0 Å². The van der Waals surface area contributed by atoms with Gasteiger partial charge in [-0.15, -0.1) is 0 Å². The molecule has 1 atom stereocenters. The first kappa shape index (κ1) is 9.68. The lowest BCUT2D eigenvalue weighted by Crippen LogP contribution is -2.14. The van der Waals surface area contributed by atoms with Crippen LogP contribution in [0.2, 0.25) is 5.15 Å². The van der Waals surface area contributed by atoms with Crippen LogP contribution in [0.15, 0.2) is 18.5 Å². The first-order valence-electron chi connectivity index (χ1n) is 5.32. The molecule has 2 aromatic heterocycles. The largest absolute Gasteiger partial charge is 0.290 e. The Balaban J connectivity index is 2.21. The Kier molecular flexibility index (Phi) is 2.12. The van der Waals surface area contributed by atoms with Crippen LogP contribution < -0.4 is 0 Å². The van der Waals surface area contributed by atoms with Gasteiger partial charge < -0.3 is 0 Å². The van der Waals surface area contributed by atoms with Gasteiger partial charge in [-0.05, 0) is 36.5 Å². The number of fused-ring (bicyclic) bond motifs is 2. The molecule has 0 saturated carbocycles. The molecule has 0 spiro atoms. The predicted molar refractivity (Wildman–Crippen MR) is 61.3 cm³/mol. The van der Waals surface area contributed by atoms with Crippen LogP contribution in [0.1, 0.15) is 17.5 Å². The number of rotatable bonds is 0. The lowest BCUT2D eigenvalue weighted by atomic mass is 9.86. The summed E-state index contributed by atoms with van der Waals surface area (Å²) >= 11 is 6.33. The van der Waals surface area contributed by atoms with Gasteiger partial charge in [0.15, 0.2) is 0 Å². The lowest BCUT2D eigenvalue weighted by molar-refractivity contribution is 0.563. The van der Waals surface area contributed by atoms with Crippen molar-refractivity contribution in [3.05, 3.63) is 34.7 Å². The van der Waals surface area contributed by atoms with E-state index in [1.807, 2.05) is 16.7 Å². The number of imidazole rings is 1. The van der Waals surface area contributed by atoms with E-state index < -0.39 is 0 Å². The van der Waals surface area contributed by atoms with Gasteiger partial charge in [0.25, 0.3) is 0 Å². The fraction of sp³-hybridized carbons (Fsp3) is 0.333. The van der Waals surface area contributed by atoms with E-state index in [1.54, 1.807) is 6.20 Å². The summed E-state index contributed by atoms with van der Waals surface area (Å²) in [5.41, 5.74) is 3.22. The average molecular weight is 232 g/mol. The highest BCUT2D eigenvalue weighted by Gasteiger charge is 2.22. The number of aromatic nitrogens is 2. The van der Waals surface area contributed by atoms with E-state index >= 15 is 0 Å². The number of hydrogen-bond donors (Lipinski definition) is 0. The molecule has 2 heterocycles. The van der Waals surface area contributed by atoms with E-state index in [0.717, 1.165) is 30.1 Å². The standard InChI is InChI=1S/C12H10ClN3/c13-12-10-2-1-8(7-14)5-9(10)6-11-15-3-4-16(11)12/h3-4,6,8H,1-2,5H2. The van der Waals surface area contributed by atoms with Crippen LogP contribution in [-0.4, -0.2) is 9.38 Å². The Bertz CT molecular complexity index is 594. The summed E-state index contributed by atoms with van der Waals surface area (Å²) < 4.78 is 1.90. The zero-order chi connectivity index (χ0) is 11.1. The predicted octanol–water partition coefficient (Wildman–Crippen LogP) is 2.62. The van der Waals surface area contributed by atoms with Gasteiger partial charge in [-0.25, -0.2) is 4.98 Å². The molecule has 2 aromatic rings. The highest BCUT2D eigenvalue weighted by Crippen LogP contribution is 2.31. The highest BCUT2D eigenvalue weighted by atomic mass is 35.5. The molecule has 0 fully saturated rings. The maximum absolute atomic E-state index is 8.96. The van der Waals surface area contributed by atoms with Crippen LogP contribution in [-0.2, 0) is 12.8 Å². The second kappa shape index (κ2) is 3.50. The van der Waals surface area contributed by atoms with Crippen LogP contribution in [0.3, 0.4) is 0 Å². The number of halogens is 1. The number of hydrogen-bond acceptors (Lipinski definition) is 2. The molecule has 1 aliphatic rings. The normalized spacial score (nSPS) is 19.4. The maximum atomic E-state index is 8.96. The summed E-state index contributed by atoms with van der Waals surface area (Å²) in [4.78, 5) is 4.23. The van der Waals surface area contributed by atoms with E-state index in [4.69, 9.17) is 16.9 Å². The molecule has 0 amide bonds. The van der Waals surface area contributed by atoms with Crippen molar-refractivity contribution in [3.8, 4) is 6.07 Å². The summed E-state index contributed by atoms with van der Waals surface area (Å²) in [5.74, 6) is 0.126. The molecule has 0 aromatic carbocycles. The van der Waals surface area contributed by atoms with Gasteiger partial charge in [-0.1, -0.05) is 11.6 Å². The molecule has 16 heavy (non-hydrogen) atoms. The Labute approximate surface area is 98.3 Å². The minimum absolute atomic E-state index is 0.126. The second-order valence-corrected chi connectivity index (χ2v) is 4.52. The molecule has 0 N–H and O–H groups in total. The molecule has 0 aliphatic heterocycles. The van der Waals surface area contributed by atoms with E-state index in [-0.39, 0.29) is 5.92 Å². The third kappa shape index (κ3) is 1.30. The summed E-state index contributed by atoms with van der Waals surface area (Å²) in [6.07, 6.45) is 6.21. The smallest absolute Gasteiger partial charge is 0.138 e. The second-order valence-electron chi connectivity index (χ2n) is 4.16. The van der Waals surface area contributed by atoms with Gasteiger partial charge in [0, 0.05) is 12.4 Å². The molecule has 1 aliphatic carbocycles. The van der Waals surface area contributed by atoms with Crippen LogP contribution >= 0.6 is 11.6 Å². The fourth-order valence-corrected chi connectivity index (χ4v) is 2.71. The zero-order valence-electron chi connectivity index (χ0n) is 8.65. The quantitative estimate of drug-likeness (QED) is 0.654. The molecular weight excluding hydrogens is 222 g/mol. The van der Waals surface area contributed by atoms with Gasteiger partial charge in [-0.2, -0.15) is 5.26 Å². The molecule has 3 rings (SSSR count). The van der Waals surface area contributed by atoms with Crippen molar-refractivity contribution in [1.82, 2.24) is 9.38 Å². The van der Waals surface area contributed by atoms with E-state index in [2.05, 4.69) is 11.1 Å². The lowest BCUT2D eigenvalue weighted by Gasteiger charge is -2.21. The first-order valence-corrected chi connectivity index (χ1v) is 5.70. The fourth-order valence-electron chi connectivity index (χ4n) is 2.35. The molecule has 0 radical (unpaired) electrons. The minimum atomic E-state index is 0.126. The van der Waals surface area contributed by atoms with Gasteiger partial charge in [0.1, 0.15) is 10.8 Å². The average Bonchev–Trinajstić information content (AvgIpc) is 2.77. The summed E-state index contributed by atoms with van der Waals surface area (Å²) in [6, 6.07) is 4.38. The Morgan fingerprint density at radius 2 is 2.44 bits per heavy atom. The third-order valence-corrected chi connectivity index (χ3v) is 3.62. The van der Waals surface area contributed by atoms with Crippen molar-refractivity contribution in [3.63, 3.8) is 0 Å². The van der Waals surface area contributed by atoms with Gasteiger partial charge in [0.2, 0.25) is 0 Å². The Morgan fingerprint density at radius 1 is 1.56 bits per heavy atom. The van der Waals surface area contributed by atoms with Crippen molar-refractivity contribution in [1.29, 1.82) is 5.26 Å². The molecule has 80 valence electrons. The molecule has 4 heteroatoms. The molecule has 3 nitrogen and oxygen atoms in total. The van der Waals surface area contributed by atoms with Gasteiger partial charge >= 0.3 is 0 Å². The van der Waals surface area contributed by atoms with Crippen molar-refractivity contribution >= 4 is 17.2 Å². The Hall–Kier alpha value is -1.53. The van der Waals surface area contributed by atoms with E-state index in [9.17, 15) is 0 Å². The van der Waals surface area contributed by atoms with Gasteiger partial charge in [0.05, 0.1) is 12.0 Å². The zero-order valence-corrected chi connectivity index (χ0v) is 9.41. The Morgan fingerprint density at radius 3 is 3.25 bits per heavy atom. The summed E-state index contributed by atoms with van der Waals surface area (Å²) in [7, 11) is 0. The van der Waals surface area contributed by atoms with Crippen molar-refractivity contribution in [2.75, 3.05) is 0 Å². The SMILES string of the molecule is N#CC1CCc2c(cc3nccn3c2Cl)C1. The minimum Gasteiger partial charge on any atom is -0.290 e. The maximum Gasteiger partial charge on any atom is 0.138 e. The molecule has 1 unspecified atom stereocenters. The van der Waals surface area contributed by atoms with Crippen molar-refractivity contribution in [2.24, 2.45) is 5.92 Å². The van der Waals surface area contributed by atoms with Crippen LogP contribution in [0, 0.1) is 17.2 Å². The molecule has 0 saturated heterocycles. The van der Waals surface area contributed by atoms with Crippen molar-refractivity contribution in [2.45, 2.75) is 19.3 Å². The number of pyridine rings is 1. The first-order chi connectivity index (χ1) is 7.79. The summed E-state index contributed by atoms with van der Waals surface area (Å²) in [5, 5.41) is 9.71. The topological polar surface area (TPSA) is 41.1 Å². The highest BCUT2D eigenvalue weighted by molar-refractivity contribution is 6.30. The van der Waals surface area contributed by atoms with E-state index in [1.165, 1.54) is 11.1 Å². The molecular formula is C12H10ClN3. The van der Waals surface area contributed by atoms with Crippen LogP contribution in [0.5, 0.6) is 0 Å². The third-order valence-electron chi connectivity index (χ3n) is 3.21. The van der Waals surface area contributed by atoms with Crippen LogP contribution in [0.4, 0.5) is 0 Å². The monoisotopic (exact) mass is 231 g/mol. The van der Waals surface area contributed by atoms with Crippen LogP contribution in [0.25, 0.3) is 5.65 Å². The number of nitriles is 1. The van der Waals surface area contributed by atoms with E-state index in [0.29, 0.717) is 0 Å². The van der Waals surface area contributed by atoms with Gasteiger partial charge in [-0.3, -0.25) is 4.40 Å².